The maximum Gasteiger partial charge on any atom is 0.345 e. The summed E-state index contributed by atoms with van der Waals surface area (Å²) >= 11 is 0. The SMILES string of the molecule is Cc1ccc(-n2nc(C(=O)N3CC[C@H](OC(F)F)C3)c3c2CCC3)c(C)c1. The summed E-state index contributed by atoms with van der Waals surface area (Å²) in [4.78, 5) is 14.6. The van der Waals surface area contributed by atoms with Gasteiger partial charge in [0.1, 0.15) is 0 Å². The van der Waals surface area contributed by atoms with Gasteiger partial charge in [-0.15, -0.1) is 0 Å². The minimum absolute atomic E-state index is 0.183. The van der Waals surface area contributed by atoms with Gasteiger partial charge >= 0.3 is 6.61 Å². The highest BCUT2D eigenvalue weighted by atomic mass is 19.3. The molecule has 4 rings (SSSR count). The number of hydrogen-bond acceptors (Lipinski definition) is 3. The molecule has 1 atom stereocenters. The molecule has 2 aromatic rings. The lowest BCUT2D eigenvalue weighted by Crippen LogP contribution is -2.31. The first-order chi connectivity index (χ1) is 12.9. The molecule has 1 amide bonds. The summed E-state index contributed by atoms with van der Waals surface area (Å²) in [6, 6.07) is 6.18. The van der Waals surface area contributed by atoms with Crippen LogP contribution in [0.15, 0.2) is 18.2 Å². The van der Waals surface area contributed by atoms with Crippen molar-refractivity contribution >= 4 is 5.91 Å². The number of likely N-dealkylation sites (tertiary alicyclic amines) is 1. The Morgan fingerprint density at radius 2 is 2.11 bits per heavy atom. The van der Waals surface area contributed by atoms with Gasteiger partial charge in [-0.25, -0.2) is 4.68 Å². The first-order valence-electron chi connectivity index (χ1n) is 9.35. The van der Waals surface area contributed by atoms with Crippen molar-refractivity contribution in [1.29, 1.82) is 0 Å². The minimum Gasteiger partial charge on any atom is -0.335 e. The van der Waals surface area contributed by atoms with Crippen molar-refractivity contribution in [3.63, 3.8) is 0 Å². The molecule has 0 unspecified atom stereocenters. The van der Waals surface area contributed by atoms with Crippen LogP contribution in [0.25, 0.3) is 5.69 Å². The molecular formula is C20H23F2N3O2. The molecule has 0 radical (unpaired) electrons. The zero-order chi connectivity index (χ0) is 19.1. The zero-order valence-corrected chi connectivity index (χ0v) is 15.5. The maximum absolute atomic E-state index is 13.0. The zero-order valence-electron chi connectivity index (χ0n) is 15.5. The number of amides is 1. The number of benzene rings is 1. The van der Waals surface area contributed by atoms with E-state index in [-0.39, 0.29) is 12.5 Å². The van der Waals surface area contributed by atoms with Crippen LogP contribution in [0.1, 0.15) is 45.7 Å². The second-order valence-electron chi connectivity index (χ2n) is 7.39. The third kappa shape index (κ3) is 3.36. The number of halogens is 2. The van der Waals surface area contributed by atoms with Gasteiger partial charge in [0.25, 0.3) is 5.91 Å². The van der Waals surface area contributed by atoms with Gasteiger partial charge in [0.05, 0.1) is 11.8 Å². The summed E-state index contributed by atoms with van der Waals surface area (Å²) in [6.07, 6.45) is 2.53. The van der Waals surface area contributed by atoms with Gasteiger partial charge in [-0.05, 0) is 51.2 Å². The van der Waals surface area contributed by atoms with E-state index in [1.54, 1.807) is 4.90 Å². The standard InChI is InChI=1S/C20H23F2N3O2/c1-12-6-7-16(13(2)10-12)25-17-5-3-4-15(17)18(23-25)19(26)24-9-8-14(11-24)27-20(21)22/h6-7,10,14,20H,3-5,8-9,11H2,1-2H3/t14-/m0/s1. The average Bonchev–Trinajstić information content (AvgIpc) is 3.30. The van der Waals surface area contributed by atoms with Crippen molar-refractivity contribution in [3.05, 3.63) is 46.3 Å². The second kappa shape index (κ2) is 7.03. The highest BCUT2D eigenvalue weighted by Crippen LogP contribution is 2.30. The summed E-state index contributed by atoms with van der Waals surface area (Å²) < 4.78 is 31.3. The van der Waals surface area contributed by atoms with Gasteiger partial charge in [0.2, 0.25) is 0 Å². The molecule has 2 heterocycles. The summed E-state index contributed by atoms with van der Waals surface area (Å²) in [5, 5.41) is 4.66. The highest BCUT2D eigenvalue weighted by molar-refractivity contribution is 5.94. The molecule has 5 nitrogen and oxygen atoms in total. The first-order valence-corrected chi connectivity index (χ1v) is 9.35. The lowest BCUT2D eigenvalue weighted by atomic mass is 10.1. The van der Waals surface area contributed by atoms with Crippen molar-refractivity contribution in [2.75, 3.05) is 13.1 Å². The molecule has 2 aliphatic rings. The van der Waals surface area contributed by atoms with Gasteiger partial charge in [0.15, 0.2) is 5.69 Å². The molecule has 1 aliphatic heterocycles. The molecule has 0 saturated carbocycles. The molecule has 1 aromatic carbocycles. The van der Waals surface area contributed by atoms with Crippen LogP contribution in [0.3, 0.4) is 0 Å². The molecule has 1 fully saturated rings. The fourth-order valence-corrected chi connectivity index (χ4v) is 4.17. The number of carbonyl (C=O) groups is 1. The van der Waals surface area contributed by atoms with Crippen molar-refractivity contribution in [2.45, 2.75) is 52.2 Å². The van der Waals surface area contributed by atoms with Crippen LogP contribution in [-0.4, -0.2) is 46.4 Å². The first kappa shape index (κ1) is 18.1. The monoisotopic (exact) mass is 375 g/mol. The van der Waals surface area contributed by atoms with Crippen LogP contribution in [0.2, 0.25) is 0 Å². The number of aryl methyl sites for hydroxylation is 2. The Morgan fingerprint density at radius 3 is 2.85 bits per heavy atom. The predicted octanol–water partition coefficient (Wildman–Crippen LogP) is 3.43. The number of aromatic nitrogens is 2. The van der Waals surface area contributed by atoms with E-state index in [2.05, 4.69) is 15.9 Å². The van der Waals surface area contributed by atoms with E-state index in [0.29, 0.717) is 18.7 Å². The van der Waals surface area contributed by atoms with Crippen LogP contribution >= 0.6 is 0 Å². The van der Waals surface area contributed by atoms with E-state index >= 15 is 0 Å². The third-order valence-electron chi connectivity index (χ3n) is 5.44. The Bertz CT molecular complexity index is 878. The number of hydrogen-bond donors (Lipinski definition) is 0. The fraction of sp³-hybridized carbons (Fsp3) is 0.500. The lowest BCUT2D eigenvalue weighted by molar-refractivity contribution is -0.158. The van der Waals surface area contributed by atoms with E-state index in [1.807, 2.05) is 30.7 Å². The molecule has 27 heavy (non-hydrogen) atoms. The van der Waals surface area contributed by atoms with Gasteiger partial charge in [-0.1, -0.05) is 17.7 Å². The summed E-state index contributed by atoms with van der Waals surface area (Å²) in [7, 11) is 0. The van der Waals surface area contributed by atoms with Gasteiger partial charge in [-0.2, -0.15) is 13.9 Å². The molecule has 7 heteroatoms. The van der Waals surface area contributed by atoms with Crippen molar-refractivity contribution in [3.8, 4) is 5.69 Å². The number of nitrogens with zero attached hydrogens (tertiary/aromatic N) is 3. The largest absolute Gasteiger partial charge is 0.345 e. The van der Waals surface area contributed by atoms with Crippen LogP contribution in [-0.2, 0) is 17.6 Å². The van der Waals surface area contributed by atoms with Crippen molar-refractivity contribution in [2.24, 2.45) is 0 Å². The Hall–Kier alpha value is -2.28. The lowest BCUT2D eigenvalue weighted by Gasteiger charge is -2.16. The number of ether oxygens (including phenoxy) is 1. The normalized spacial score (nSPS) is 19.1. The Labute approximate surface area is 156 Å². The molecular weight excluding hydrogens is 352 g/mol. The summed E-state index contributed by atoms with van der Waals surface area (Å²) in [6.45, 7) is 1.89. The third-order valence-corrected chi connectivity index (χ3v) is 5.44. The van der Waals surface area contributed by atoms with Crippen LogP contribution in [0.4, 0.5) is 8.78 Å². The molecule has 1 saturated heterocycles. The fourth-order valence-electron chi connectivity index (χ4n) is 4.17. The number of fused-ring (bicyclic) bond motifs is 1. The van der Waals surface area contributed by atoms with Crippen molar-refractivity contribution < 1.29 is 18.3 Å². The average molecular weight is 375 g/mol. The van der Waals surface area contributed by atoms with E-state index in [1.165, 1.54) is 5.56 Å². The molecule has 0 N–H and O–H groups in total. The smallest absolute Gasteiger partial charge is 0.335 e. The number of alkyl halides is 2. The molecule has 1 aliphatic carbocycles. The molecule has 0 spiro atoms. The second-order valence-corrected chi connectivity index (χ2v) is 7.39. The van der Waals surface area contributed by atoms with Gasteiger partial charge in [0, 0.05) is 24.3 Å². The van der Waals surface area contributed by atoms with Crippen LogP contribution < -0.4 is 0 Å². The highest BCUT2D eigenvalue weighted by Gasteiger charge is 2.34. The summed E-state index contributed by atoms with van der Waals surface area (Å²) in [5.74, 6) is -0.183. The predicted molar refractivity (Wildman–Crippen MR) is 96.5 cm³/mol. The minimum atomic E-state index is -2.81. The number of rotatable bonds is 4. The topological polar surface area (TPSA) is 47.4 Å². The summed E-state index contributed by atoms with van der Waals surface area (Å²) in [5.41, 5.74) is 5.82. The van der Waals surface area contributed by atoms with E-state index < -0.39 is 12.7 Å². The van der Waals surface area contributed by atoms with E-state index in [0.717, 1.165) is 41.8 Å². The molecule has 1 aromatic heterocycles. The molecule has 144 valence electrons. The van der Waals surface area contributed by atoms with E-state index in [4.69, 9.17) is 0 Å². The van der Waals surface area contributed by atoms with Gasteiger partial charge < -0.3 is 9.64 Å². The quantitative estimate of drug-likeness (QED) is 0.823. The Kier molecular flexibility index (Phi) is 4.72. The van der Waals surface area contributed by atoms with Crippen LogP contribution in [0, 0.1) is 13.8 Å². The van der Waals surface area contributed by atoms with Crippen molar-refractivity contribution in [1.82, 2.24) is 14.7 Å². The van der Waals surface area contributed by atoms with Gasteiger partial charge in [-0.3, -0.25) is 4.79 Å². The molecule has 0 bridgehead atoms. The maximum atomic E-state index is 13.0. The van der Waals surface area contributed by atoms with E-state index in [9.17, 15) is 13.6 Å². The Balaban J connectivity index is 1.64. The Morgan fingerprint density at radius 1 is 1.30 bits per heavy atom. The number of carbonyl (C=O) groups excluding carboxylic acids is 1. The van der Waals surface area contributed by atoms with Crippen LogP contribution in [0.5, 0.6) is 0 Å².